The molecule has 0 unspecified atom stereocenters. The van der Waals surface area contributed by atoms with E-state index in [0.717, 1.165) is 30.9 Å². The normalized spacial score (nSPS) is 15.8. The molecule has 11 heteroatoms. The summed E-state index contributed by atoms with van der Waals surface area (Å²) in [6.45, 7) is 5.88. The maximum Gasteiger partial charge on any atom is 0.416 e. The van der Waals surface area contributed by atoms with E-state index in [9.17, 15) is 17.6 Å². The SMILES string of the molecule is CCNC(=NCc1ccc(F)cc1C(F)(F)F)N1CCN(Cc2ccon2)CC1.I. The number of nitrogens with one attached hydrogen (secondary N) is 1. The fraction of sp³-hybridized carbons (Fsp3) is 0.474. The van der Waals surface area contributed by atoms with Crippen LogP contribution in [0.15, 0.2) is 40.0 Å². The minimum atomic E-state index is -4.63. The topological polar surface area (TPSA) is 56.9 Å². The van der Waals surface area contributed by atoms with Crippen LogP contribution in [0.1, 0.15) is 23.7 Å². The minimum absolute atomic E-state index is 0. The van der Waals surface area contributed by atoms with Crippen molar-refractivity contribution >= 4 is 29.9 Å². The van der Waals surface area contributed by atoms with Crippen molar-refractivity contribution in [1.29, 1.82) is 0 Å². The van der Waals surface area contributed by atoms with Gasteiger partial charge in [0.15, 0.2) is 5.96 Å². The smallest absolute Gasteiger partial charge is 0.364 e. The number of hydrogen-bond donors (Lipinski definition) is 1. The van der Waals surface area contributed by atoms with Gasteiger partial charge in [0.25, 0.3) is 0 Å². The lowest BCUT2D eigenvalue weighted by molar-refractivity contribution is -0.138. The molecule has 1 aliphatic heterocycles. The van der Waals surface area contributed by atoms with Gasteiger partial charge in [-0.1, -0.05) is 11.2 Å². The molecule has 0 aliphatic carbocycles. The molecule has 166 valence electrons. The summed E-state index contributed by atoms with van der Waals surface area (Å²) in [6.07, 6.45) is -3.09. The Kier molecular flexibility index (Phi) is 8.89. The molecule has 0 amide bonds. The summed E-state index contributed by atoms with van der Waals surface area (Å²) in [4.78, 5) is 8.61. The van der Waals surface area contributed by atoms with Crippen LogP contribution in [0.5, 0.6) is 0 Å². The zero-order valence-corrected chi connectivity index (χ0v) is 18.8. The highest BCUT2D eigenvalue weighted by Gasteiger charge is 2.33. The lowest BCUT2D eigenvalue weighted by atomic mass is 10.1. The molecule has 1 N–H and O–H groups in total. The molecule has 1 aliphatic rings. The average Bonchev–Trinajstić information content (AvgIpc) is 3.19. The van der Waals surface area contributed by atoms with Crippen LogP contribution < -0.4 is 5.32 Å². The van der Waals surface area contributed by atoms with E-state index in [1.54, 1.807) is 0 Å². The number of hydrogen-bond acceptors (Lipinski definition) is 4. The molecular weight excluding hydrogens is 517 g/mol. The van der Waals surface area contributed by atoms with Crippen molar-refractivity contribution in [2.75, 3.05) is 32.7 Å². The molecule has 0 saturated carbocycles. The third-order valence-electron chi connectivity index (χ3n) is 4.66. The highest BCUT2D eigenvalue weighted by atomic mass is 127. The molecule has 2 heterocycles. The number of rotatable bonds is 5. The molecule has 2 aromatic rings. The summed E-state index contributed by atoms with van der Waals surface area (Å²) >= 11 is 0. The Hall–Kier alpha value is -1.89. The summed E-state index contributed by atoms with van der Waals surface area (Å²) in [6, 6.07) is 4.50. The quantitative estimate of drug-likeness (QED) is 0.271. The van der Waals surface area contributed by atoms with E-state index < -0.39 is 17.6 Å². The second kappa shape index (κ2) is 10.9. The van der Waals surface area contributed by atoms with Gasteiger partial charge in [-0.15, -0.1) is 24.0 Å². The van der Waals surface area contributed by atoms with E-state index in [0.29, 0.717) is 38.2 Å². The average molecular weight is 541 g/mol. The third-order valence-corrected chi connectivity index (χ3v) is 4.66. The Morgan fingerprint density at radius 1 is 1.20 bits per heavy atom. The highest BCUT2D eigenvalue weighted by Crippen LogP contribution is 2.32. The van der Waals surface area contributed by atoms with Crippen molar-refractivity contribution in [3.63, 3.8) is 0 Å². The number of nitrogens with zero attached hydrogens (tertiary/aromatic N) is 4. The van der Waals surface area contributed by atoms with Crippen LogP contribution in [0.3, 0.4) is 0 Å². The first-order valence-electron chi connectivity index (χ1n) is 9.37. The van der Waals surface area contributed by atoms with Crippen LogP contribution >= 0.6 is 24.0 Å². The highest BCUT2D eigenvalue weighted by molar-refractivity contribution is 14.0. The van der Waals surface area contributed by atoms with Crippen LogP contribution in [0.2, 0.25) is 0 Å². The van der Waals surface area contributed by atoms with Gasteiger partial charge in [0.2, 0.25) is 0 Å². The molecule has 1 saturated heterocycles. The van der Waals surface area contributed by atoms with E-state index in [1.807, 2.05) is 17.9 Å². The molecule has 30 heavy (non-hydrogen) atoms. The minimum Gasteiger partial charge on any atom is -0.364 e. The van der Waals surface area contributed by atoms with Crippen molar-refractivity contribution in [2.24, 2.45) is 4.99 Å². The van der Waals surface area contributed by atoms with Crippen molar-refractivity contribution in [1.82, 2.24) is 20.3 Å². The third kappa shape index (κ3) is 6.56. The van der Waals surface area contributed by atoms with Gasteiger partial charge >= 0.3 is 6.18 Å². The fourth-order valence-corrected chi connectivity index (χ4v) is 3.20. The van der Waals surface area contributed by atoms with Gasteiger partial charge in [-0.2, -0.15) is 13.2 Å². The van der Waals surface area contributed by atoms with Crippen molar-refractivity contribution in [3.05, 3.63) is 53.2 Å². The molecule has 1 fully saturated rings. The first-order chi connectivity index (χ1) is 13.9. The van der Waals surface area contributed by atoms with Crippen LogP contribution in [-0.4, -0.2) is 53.6 Å². The van der Waals surface area contributed by atoms with E-state index in [4.69, 9.17) is 4.52 Å². The van der Waals surface area contributed by atoms with E-state index >= 15 is 0 Å². The van der Waals surface area contributed by atoms with Gasteiger partial charge in [0.05, 0.1) is 17.8 Å². The lowest BCUT2D eigenvalue weighted by Gasteiger charge is -2.36. The van der Waals surface area contributed by atoms with Gasteiger partial charge in [0, 0.05) is 45.3 Å². The van der Waals surface area contributed by atoms with Crippen LogP contribution in [0.4, 0.5) is 17.6 Å². The standard InChI is InChI=1S/C19H23F4N5O.HI/c1-2-24-18(25-12-14-3-4-15(20)11-17(14)19(21,22)23)28-8-6-27(7-9-28)13-16-5-10-29-26-16;/h3-5,10-11H,2,6-9,12-13H2,1H3,(H,24,25);1H. The predicted molar refractivity (Wildman–Crippen MR) is 115 cm³/mol. The molecule has 0 radical (unpaired) electrons. The van der Waals surface area contributed by atoms with Crippen LogP contribution in [0.25, 0.3) is 0 Å². The molecule has 1 aromatic heterocycles. The Morgan fingerprint density at radius 3 is 2.53 bits per heavy atom. The van der Waals surface area contributed by atoms with Gasteiger partial charge < -0.3 is 14.7 Å². The Balaban J connectivity index is 0.00000320. The first-order valence-corrected chi connectivity index (χ1v) is 9.37. The molecular formula is C19H24F4IN5O. The molecule has 0 spiro atoms. The summed E-state index contributed by atoms with van der Waals surface area (Å²) < 4.78 is 57.7. The van der Waals surface area contributed by atoms with Gasteiger partial charge in [-0.25, -0.2) is 9.38 Å². The predicted octanol–water partition coefficient (Wildman–Crippen LogP) is 3.73. The second-order valence-electron chi connectivity index (χ2n) is 6.72. The first kappa shape index (κ1) is 24.4. The Bertz CT molecular complexity index is 821. The zero-order chi connectivity index (χ0) is 20.9. The number of benzene rings is 1. The van der Waals surface area contributed by atoms with Crippen molar-refractivity contribution in [3.8, 4) is 0 Å². The number of piperazine rings is 1. The van der Waals surface area contributed by atoms with E-state index in [-0.39, 0.29) is 36.1 Å². The second-order valence-corrected chi connectivity index (χ2v) is 6.72. The number of aliphatic imine (C=N–C) groups is 1. The largest absolute Gasteiger partial charge is 0.416 e. The van der Waals surface area contributed by atoms with E-state index in [1.165, 1.54) is 6.26 Å². The lowest BCUT2D eigenvalue weighted by Crippen LogP contribution is -2.52. The summed E-state index contributed by atoms with van der Waals surface area (Å²) in [5, 5.41) is 7.03. The Morgan fingerprint density at radius 2 is 1.93 bits per heavy atom. The fourth-order valence-electron chi connectivity index (χ4n) is 3.20. The number of alkyl halides is 3. The molecule has 1 aromatic carbocycles. The van der Waals surface area contributed by atoms with Crippen molar-refractivity contribution in [2.45, 2.75) is 26.2 Å². The maximum atomic E-state index is 13.3. The summed E-state index contributed by atoms with van der Waals surface area (Å²) in [5.74, 6) is -0.369. The van der Waals surface area contributed by atoms with Crippen LogP contribution in [0, 0.1) is 5.82 Å². The summed E-state index contributed by atoms with van der Waals surface area (Å²) in [7, 11) is 0. The van der Waals surface area contributed by atoms with Gasteiger partial charge in [-0.05, 0) is 24.6 Å². The molecule has 6 nitrogen and oxygen atoms in total. The molecule has 0 bridgehead atoms. The number of halogens is 5. The maximum absolute atomic E-state index is 13.3. The number of aromatic nitrogens is 1. The van der Waals surface area contributed by atoms with Gasteiger partial charge in [-0.3, -0.25) is 4.90 Å². The zero-order valence-electron chi connectivity index (χ0n) is 16.5. The Labute approximate surface area is 189 Å². The van der Waals surface area contributed by atoms with Crippen LogP contribution in [-0.2, 0) is 19.3 Å². The number of guanidine groups is 1. The molecule has 0 atom stereocenters. The monoisotopic (exact) mass is 541 g/mol. The van der Waals surface area contributed by atoms with Gasteiger partial charge in [0.1, 0.15) is 12.1 Å². The molecule has 3 rings (SSSR count). The summed E-state index contributed by atoms with van der Waals surface area (Å²) in [5.41, 5.74) is -0.191. The van der Waals surface area contributed by atoms with Crippen molar-refractivity contribution < 1.29 is 22.1 Å². The van der Waals surface area contributed by atoms with E-state index in [2.05, 4.69) is 20.4 Å².